The van der Waals surface area contributed by atoms with Gasteiger partial charge >= 0.3 is 0 Å². The van der Waals surface area contributed by atoms with Crippen molar-refractivity contribution in [3.05, 3.63) is 108 Å². The van der Waals surface area contributed by atoms with E-state index >= 15 is 0 Å². The molecule has 136 valence electrons. The van der Waals surface area contributed by atoms with Crippen LogP contribution in [0, 0.1) is 0 Å². The summed E-state index contributed by atoms with van der Waals surface area (Å²) in [5.74, 6) is 1.10. The van der Waals surface area contributed by atoms with Gasteiger partial charge in [0.05, 0.1) is 0 Å². The zero-order valence-corrected chi connectivity index (χ0v) is 15.4. The van der Waals surface area contributed by atoms with E-state index in [0.717, 1.165) is 23.3 Å². The SMILES string of the molecule is O=C(C/C=C/c1ccc(OCc2ccccc2)cc1)CCc1ccccc1. The Morgan fingerprint density at radius 3 is 2.07 bits per heavy atom. The number of Topliss-reactive ketones (excluding diaryl/α,β-unsaturated/α-hetero) is 1. The fourth-order valence-corrected chi connectivity index (χ4v) is 2.77. The van der Waals surface area contributed by atoms with Crippen LogP contribution < -0.4 is 4.74 Å². The fraction of sp³-hybridized carbons (Fsp3) is 0.160. The van der Waals surface area contributed by atoms with Crippen LogP contribution in [0.25, 0.3) is 6.08 Å². The van der Waals surface area contributed by atoms with Crippen molar-refractivity contribution >= 4 is 11.9 Å². The predicted octanol–water partition coefficient (Wildman–Crippen LogP) is 5.87. The molecule has 0 saturated heterocycles. The number of ether oxygens (including phenoxy) is 1. The molecule has 0 saturated carbocycles. The maximum absolute atomic E-state index is 12.0. The molecule has 2 heteroatoms. The van der Waals surface area contributed by atoms with Gasteiger partial charge in [-0.15, -0.1) is 0 Å². The highest BCUT2D eigenvalue weighted by Crippen LogP contribution is 2.15. The number of hydrogen-bond acceptors (Lipinski definition) is 2. The normalized spacial score (nSPS) is 10.8. The average Bonchev–Trinajstić information content (AvgIpc) is 2.73. The van der Waals surface area contributed by atoms with Crippen molar-refractivity contribution in [1.29, 1.82) is 0 Å². The molecule has 27 heavy (non-hydrogen) atoms. The number of aryl methyl sites for hydroxylation is 1. The summed E-state index contributed by atoms with van der Waals surface area (Å²) >= 11 is 0. The standard InChI is InChI=1S/C25H24O2/c26-24(17-14-21-8-3-1-4-9-21)13-7-12-22-15-18-25(19-16-22)27-20-23-10-5-2-6-11-23/h1-12,15-16,18-19H,13-14,17,20H2/b12-7+. The van der Waals surface area contributed by atoms with Crippen LogP contribution >= 0.6 is 0 Å². The maximum Gasteiger partial charge on any atom is 0.136 e. The van der Waals surface area contributed by atoms with Crippen LogP contribution in [0.2, 0.25) is 0 Å². The van der Waals surface area contributed by atoms with E-state index in [4.69, 9.17) is 4.74 Å². The topological polar surface area (TPSA) is 26.3 Å². The molecule has 0 aliphatic carbocycles. The molecule has 3 aromatic rings. The van der Waals surface area contributed by atoms with Crippen molar-refractivity contribution in [3.8, 4) is 5.75 Å². The van der Waals surface area contributed by atoms with Crippen LogP contribution in [0.15, 0.2) is 91.0 Å². The molecule has 0 aliphatic rings. The first-order chi connectivity index (χ1) is 13.3. The highest BCUT2D eigenvalue weighted by Gasteiger charge is 2.00. The zero-order chi connectivity index (χ0) is 18.7. The Morgan fingerprint density at radius 2 is 1.41 bits per heavy atom. The number of allylic oxidation sites excluding steroid dienone is 1. The molecule has 0 atom stereocenters. The van der Waals surface area contributed by atoms with E-state index in [1.807, 2.05) is 84.9 Å². The van der Waals surface area contributed by atoms with Gasteiger partial charge in [-0.05, 0) is 35.2 Å². The quantitative estimate of drug-likeness (QED) is 0.479. The Bertz CT molecular complexity index is 850. The van der Waals surface area contributed by atoms with Crippen LogP contribution in [0.3, 0.4) is 0 Å². The molecule has 0 N–H and O–H groups in total. The number of hydrogen-bond donors (Lipinski definition) is 0. The summed E-state index contributed by atoms with van der Waals surface area (Å²) in [6.07, 6.45) is 5.79. The minimum atomic E-state index is 0.262. The van der Waals surface area contributed by atoms with Crippen LogP contribution in [0.1, 0.15) is 29.5 Å². The molecule has 0 bridgehead atoms. The molecule has 0 unspecified atom stereocenters. The van der Waals surface area contributed by atoms with Gasteiger partial charge in [-0.2, -0.15) is 0 Å². The van der Waals surface area contributed by atoms with E-state index < -0.39 is 0 Å². The minimum Gasteiger partial charge on any atom is -0.489 e. The van der Waals surface area contributed by atoms with Gasteiger partial charge in [0.25, 0.3) is 0 Å². The third kappa shape index (κ3) is 6.59. The second-order valence-corrected chi connectivity index (χ2v) is 6.47. The maximum atomic E-state index is 12.0. The van der Waals surface area contributed by atoms with E-state index in [0.29, 0.717) is 19.4 Å². The Morgan fingerprint density at radius 1 is 0.778 bits per heavy atom. The second-order valence-electron chi connectivity index (χ2n) is 6.47. The average molecular weight is 356 g/mol. The Hall–Kier alpha value is -3.13. The Labute approximate surface area is 161 Å². The van der Waals surface area contributed by atoms with Gasteiger partial charge in [0, 0.05) is 12.8 Å². The van der Waals surface area contributed by atoms with Crippen LogP contribution in [-0.4, -0.2) is 5.78 Å². The van der Waals surface area contributed by atoms with Gasteiger partial charge < -0.3 is 4.74 Å². The smallest absolute Gasteiger partial charge is 0.136 e. The summed E-state index contributed by atoms with van der Waals surface area (Å²) in [4.78, 5) is 12.0. The molecule has 0 amide bonds. The molecule has 0 fully saturated rings. The van der Waals surface area contributed by atoms with Crippen molar-refractivity contribution < 1.29 is 9.53 Å². The lowest BCUT2D eigenvalue weighted by atomic mass is 10.1. The first kappa shape index (κ1) is 18.7. The monoisotopic (exact) mass is 356 g/mol. The molecular weight excluding hydrogens is 332 g/mol. The van der Waals surface area contributed by atoms with Crippen LogP contribution in [-0.2, 0) is 17.8 Å². The van der Waals surface area contributed by atoms with Gasteiger partial charge in [-0.1, -0.05) is 84.9 Å². The number of ketones is 1. The Kier molecular flexibility index (Phi) is 7.00. The van der Waals surface area contributed by atoms with Crippen molar-refractivity contribution in [2.75, 3.05) is 0 Å². The van der Waals surface area contributed by atoms with E-state index in [9.17, 15) is 4.79 Å². The summed E-state index contributed by atoms with van der Waals surface area (Å²) in [6, 6.07) is 28.2. The van der Waals surface area contributed by atoms with Crippen molar-refractivity contribution in [3.63, 3.8) is 0 Å². The van der Waals surface area contributed by atoms with Crippen LogP contribution in [0.5, 0.6) is 5.75 Å². The minimum absolute atomic E-state index is 0.262. The number of carbonyl (C=O) groups is 1. The molecule has 0 aromatic heterocycles. The molecule has 0 spiro atoms. The molecule has 0 radical (unpaired) electrons. The number of rotatable bonds is 9. The van der Waals surface area contributed by atoms with E-state index in [1.54, 1.807) is 0 Å². The Balaban J connectivity index is 1.41. The predicted molar refractivity (Wildman–Crippen MR) is 111 cm³/mol. The summed E-state index contributed by atoms with van der Waals surface area (Å²) in [6.45, 7) is 0.561. The van der Waals surface area contributed by atoms with Crippen molar-refractivity contribution in [2.45, 2.75) is 25.9 Å². The molecule has 3 rings (SSSR count). The molecule has 2 nitrogen and oxygen atoms in total. The summed E-state index contributed by atoms with van der Waals surface area (Å²) in [5, 5.41) is 0. The third-order valence-corrected chi connectivity index (χ3v) is 4.32. The number of benzene rings is 3. The third-order valence-electron chi connectivity index (χ3n) is 4.32. The van der Waals surface area contributed by atoms with Gasteiger partial charge in [-0.25, -0.2) is 0 Å². The van der Waals surface area contributed by atoms with Gasteiger partial charge in [0.1, 0.15) is 18.1 Å². The van der Waals surface area contributed by atoms with E-state index in [-0.39, 0.29) is 5.78 Å². The molecule has 3 aromatic carbocycles. The van der Waals surface area contributed by atoms with Crippen molar-refractivity contribution in [2.24, 2.45) is 0 Å². The highest BCUT2D eigenvalue weighted by atomic mass is 16.5. The summed E-state index contributed by atoms with van der Waals surface area (Å²) < 4.78 is 5.79. The molecule has 0 aliphatic heterocycles. The first-order valence-corrected chi connectivity index (χ1v) is 9.28. The van der Waals surface area contributed by atoms with Crippen LogP contribution in [0.4, 0.5) is 0 Å². The number of carbonyl (C=O) groups excluding carboxylic acids is 1. The van der Waals surface area contributed by atoms with E-state index in [2.05, 4.69) is 12.1 Å². The highest BCUT2D eigenvalue weighted by molar-refractivity contribution is 5.81. The lowest BCUT2D eigenvalue weighted by Crippen LogP contribution is -1.98. The molecular formula is C25H24O2. The van der Waals surface area contributed by atoms with E-state index in [1.165, 1.54) is 5.56 Å². The van der Waals surface area contributed by atoms with Gasteiger partial charge in [0.15, 0.2) is 0 Å². The zero-order valence-electron chi connectivity index (χ0n) is 15.4. The lowest BCUT2D eigenvalue weighted by molar-refractivity contribution is -0.118. The van der Waals surface area contributed by atoms with Gasteiger partial charge in [0.2, 0.25) is 0 Å². The summed E-state index contributed by atoms with van der Waals surface area (Å²) in [7, 11) is 0. The second kappa shape index (κ2) is 10.1. The van der Waals surface area contributed by atoms with Crippen molar-refractivity contribution in [1.82, 2.24) is 0 Å². The largest absolute Gasteiger partial charge is 0.489 e. The lowest BCUT2D eigenvalue weighted by Gasteiger charge is -2.06. The summed E-state index contributed by atoms with van der Waals surface area (Å²) in [5.41, 5.74) is 3.43. The fourth-order valence-electron chi connectivity index (χ4n) is 2.77. The first-order valence-electron chi connectivity index (χ1n) is 9.28. The van der Waals surface area contributed by atoms with Gasteiger partial charge in [-0.3, -0.25) is 4.79 Å². The molecule has 0 heterocycles.